The molecule has 3 N–H and O–H groups in total. The smallest absolute Gasteiger partial charge is 0.338 e. The van der Waals surface area contributed by atoms with Crippen LogP contribution in [0.15, 0.2) is 48.2 Å². The maximum atomic E-state index is 12.7. The van der Waals surface area contributed by atoms with E-state index >= 15 is 0 Å². The lowest BCUT2D eigenvalue weighted by atomic mass is 10.0. The normalized spacial score (nSPS) is 14.1. The molecule has 1 heterocycles. The van der Waals surface area contributed by atoms with Gasteiger partial charge < -0.3 is 20.5 Å². The predicted molar refractivity (Wildman–Crippen MR) is 110 cm³/mol. The van der Waals surface area contributed by atoms with Gasteiger partial charge in [0.15, 0.2) is 0 Å². The highest BCUT2D eigenvalue weighted by Crippen LogP contribution is 2.36. The molecule has 7 nitrogen and oxygen atoms in total. The molecule has 2 aromatic rings. The minimum Gasteiger partial charge on any atom is -0.478 e. The van der Waals surface area contributed by atoms with Crippen molar-refractivity contribution in [1.29, 1.82) is 0 Å². The van der Waals surface area contributed by atoms with Crippen LogP contribution in [0.3, 0.4) is 0 Å². The number of hydrogen-bond donors (Lipinski definition) is 3. The fraction of sp³-hybridized carbons (Fsp3) is 0.227. The quantitative estimate of drug-likeness (QED) is 0.482. The minimum atomic E-state index is -0.995. The molecule has 0 fully saturated rings. The molecule has 0 aliphatic carbocycles. The molecule has 0 bridgehead atoms. The molecule has 1 aliphatic heterocycles. The van der Waals surface area contributed by atoms with E-state index in [0.29, 0.717) is 34.5 Å². The van der Waals surface area contributed by atoms with Crippen LogP contribution in [0.4, 0.5) is 11.4 Å². The van der Waals surface area contributed by atoms with E-state index in [4.69, 9.17) is 9.84 Å². The zero-order valence-corrected chi connectivity index (χ0v) is 16.2. The van der Waals surface area contributed by atoms with Crippen LogP contribution < -0.4 is 10.6 Å². The van der Waals surface area contributed by atoms with Crippen LogP contribution in [0, 0.1) is 0 Å². The first kappa shape index (κ1) is 20.1. The number of ether oxygens (including phenoxy) is 1. The van der Waals surface area contributed by atoms with Crippen molar-refractivity contribution < 1.29 is 24.2 Å². The number of hydrogen-bond acceptors (Lipinski definition) is 5. The number of nitrogens with one attached hydrogen (secondary N) is 2. The summed E-state index contributed by atoms with van der Waals surface area (Å²) in [6, 6.07) is 11.3. The molecular formula is C22H22N2O5. The second-order valence-electron chi connectivity index (χ2n) is 6.55. The molecule has 0 unspecified atom stereocenters. The van der Waals surface area contributed by atoms with E-state index in [1.165, 1.54) is 12.1 Å². The SMILES string of the molecule is CCC/C(Nc1ccc(C(=O)O)cc1)=C1/C(=O)Nc2cc(C(=O)OCC)ccc21. The summed E-state index contributed by atoms with van der Waals surface area (Å²) in [5.74, 6) is -1.68. The van der Waals surface area contributed by atoms with E-state index in [0.717, 1.165) is 12.1 Å². The highest BCUT2D eigenvalue weighted by Gasteiger charge is 2.28. The molecule has 150 valence electrons. The van der Waals surface area contributed by atoms with Crippen molar-refractivity contribution in [2.75, 3.05) is 17.2 Å². The Morgan fingerprint density at radius 3 is 2.38 bits per heavy atom. The third-order valence-electron chi connectivity index (χ3n) is 4.50. The van der Waals surface area contributed by atoms with Gasteiger partial charge in [-0.1, -0.05) is 19.4 Å². The number of carboxylic acid groups (broad SMARTS) is 1. The predicted octanol–water partition coefficient (Wildman–Crippen LogP) is 4.14. The van der Waals surface area contributed by atoms with Gasteiger partial charge in [0.2, 0.25) is 0 Å². The van der Waals surface area contributed by atoms with Crippen molar-refractivity contribution in [3.05, 3.63) is 64.9 Å². The van der Waals surface area contributed by atoms with E-state index in [1.54, 1.807) is 37.3 Å². The van der Waals surface area contributed by atoms with Gasteiger partial charge in [0, 0.05) is 16.9 Å². The lowest BCUT2D eigenvalue weighted by Crippen LogP contribution is -2.10. The standard InChI is InChI=1S/C22H22N2O5/c1-3-5-17(23-15-9-6-13(7-10-15)21(26)27)19-16-11-8-14(22(28)29-4-2)12-18(16)24-20(19)25/h6-12,23H,3-5H2,1-2H3,(H,24,25)(H,26,27)/b19-17-. The van der Waals surface area contributed by atoms with Crippen LogP contribution in [0.1, 0.15) is 53.0 Å². The topological polar surface area (TPSA) is 105 Å². The zero-order chi connectivity index (χ0) is 21.0. The Bertz CT molecular complexity index is 993. The summed E-state index contributed by atoms with van der Waals surface area (Å²) >= 11 is 0. The molecule has 0 saturated carbocycles. The molecule has 0 radical (unpaired) electrons. The van der Waals surface area contributed by atoms with Crippen LogP contribution in [-0.2, 0) is 9.53 Å². The van der Waals surface area contributed by atoms with Crippen LogP contribution in [0.25, 0.3) is 5.57 Å². The number of rotatable bonds is 7. The van der Waals surface area contributed by atoms with E-state index in [-0.39, 0.29) is 18.1 Å². The third-order valence-corrected chi connectivity index (χ3v) is 4.50. The molecule has 29 heavy (non-hydrogen) atoms. The minimum absolute atomic E-state index is 0.190. The molecule has 0 saturated heterocycles. The summed E-state index contributed by atoms with van der Waals surface area (Å²) in [6.45, 7) is 4.02. The van der Waals surface area contributed by atoms with Gasteiger partial charge in [0.1, 0.15) is 0 Å². The van der Waals surface area contributed by atoms with E-state index in [1.807, 2.05) is 6.92 Å². The van der Waals surface area contributed by atoms with Gasteiger partial charge in [-0.25, -0.2) is 9.59 Å². The molecule has 2 aromatic carbocycles. The molecule has 7 heteroatoms. The molecule has 0 atom stereocenters. The Balaban J connectivity index is 1.97. The van der Waals surface area contributed by atoms with Gasteiger partial charge in [-0.3, -0.25) is 4.79 Å². The monoisotopic (exact) mass is 394 g/mol. The van der Waals surface area contributed by atoms with Gasteiger partial charge in [0.05, 0.1) is 29.0 Å². The lowest BCUT2D eigenvalue weighted by Gasteiger charge is -2.14. The molecular weight excluding hydrogens is 372 g/mol. The van der Waals surface area contributed by atoms with Gasteiger partial charge >= 0.3 is 11.9 Å². The number of fused-ring (bicyclic) bond motifs is 1. The molecule has 1 amide bonds. The summed E-state index contributed by atoms with van der Waals surface area (Å²) < 4.78 is 5.02. The van der Waals surface area contributed by atoms with Gasteiger partial charge in [0.25, 0.3) is 5.91 Å². The fourth-order valence-corrected chi connectivity index (χ4v) is 3.18. The van der Waals surface area contributed by atoms with Crippen LogP contribution in [0.2, 0.25) is 0 Å². The Labute approximate surface area is 168 Å². The van der Waals surface area contributed by atoms with E-state index in [2.05, 4.69) is 10.6 Å². The molecule has 1 aliphatic rings. The average molecular weight is 394 g/mol. The van der Waals surface area contributed by atoms with Crippen molar-refractivity contribution in [3.63, 3.8) is 0 Å². The molecule has 3 rings (SSSR count). The molecule has 0 spiro atoms. The number of esters is 1. The first-order valence-electron chi connectivity index (χ1n) is 9.41. The number of aromatic carboxylic acids is 1. The highest BCUT2D eigenvalue weighted by atomic mass is 16.5. The number of carbonyl (C=O) groups excluding carboxylic acids is 2. The maximum absolute atomic E-state index is 12.7. The first-order valence-corrected chi connectivity index (χ1v) is 9.41. The van der Waals surface area contributed by atoms with E-state index < -0.39 is 11.9 Å². The van der Waals surface area contributed by atoms with E-state index in [9.17, 15) is 14.4 Å². The number of carboxylic acids is 1. The number of benzene rings is 2. The number of amides is 1. The van der Waals surface area contributed by atoms with Gasteiger partial charge in [-0.2, -0.15) is 0 Å². The summed E-state index contributed by atoms with van der Waals surface area (Å²) in [5.41, 5.74) is 3.77. The van der Waals surface area contributed by atoms with Gasteiger partial charge in [-0.05, 0) is 49.7 Å². The number of anilines is 2. The second kappa shape index (κ2) is 8.60. The average Bonchev–Trinajstić information content (AvgIpc) is 3.03. The number of carbonyl (C=O) groups is 3. The van der Waals surface area contributed by atoms with Crippen molar-refractivity contribution in [2.24, 2.45) is 0 Å². The maximum Gasteiger partial charge on any atom is 0.338 e. The molecule has 0 aromatic heterocycles. The summed E-state index contributed by atoms with van der Waals surface area (Å²) in [6.07, 6.45) is 1.44. The fourth-order valence-electron chi connectivity index (χ4n) is 3.18. The summed E-state index contributed by atoms with van der Waals surface area (Å²) in [4.78, 5) is 35.7. The zero-order valence-electron chi connectivity index (χ0n) is 16.2. The Hall–Kier alpha value is -3.61. The summed E-state index contributed by atoms with van der Waals surface area (Å²) in [5, 5.41) is 15.1. The Kier molecular flexibility index (Phi) is 5.97. The number of allylic oxidation sites excluding steroid dienone is 1. The van der Waals surface area contributed by atoms with Gasteiger partial charge in [-0.15, -0.1) is 0 Å². The van der Waals surface area contributed by atoms with Crippen molar-refractivity contribution in [1.82, 2.24) is 0 Å². The lowest BCUT2D eigenvalue weighted by molar-refractivity contribution is -0.110. The second-order valence-corrected chi connectivity index (χ2v) is 6.55. The Morgan fingerprint density at radius 2 is 1.76 bits per heavy atom. The first-order chi connectivity index (χ1) is 13.9. The van der Waals surface area contributed by atoms with Crippen molar-refractivity contribution in [3.8, 4) is 0 Å². The van der Waals surface area contributed by atoms with Crippen LogP contribution >= 0.6 is 0 Å². The van der Waals surface area contributed by atoms with Crippen molar-refractivity contribution in [2.45, 2.75) is 26.7 Å². The third kappa shape index (κ3) is 4.29. The van der Waals surface area contributed by atoms with Crippen LogP contribution in [-0.4, -0.2) is 29.6 Å². The summed E-state index contributed by atoms with van der Waals surface area (Å²) in [7, 11) is 0. The highest BCUT2D eigenvalue weighted by molar-refractivity contribution is 6.32. The van der Waals surface area contributed by atoms with Crippen molar-refractivity contribution >= 4 is 34.8 Å². The Morgan fingerprint density at radius 1 is 1.07 bits per heavy atom. The van der Waals surface area contributed by atoms with Crippen LogP contribution in [0.5, 0.6) is 0 Å². The largest absolute Gasteiger partial charge is 0.478 e.